The summed E-state index contributed by atoms with van der Waals surface area (Å²) in [6.07, 6.45) is 7.15. The van der Waals surface area contributed by atoms with Crippen LogP contribution in [0, 0.1) is 23.7 Å². The van der Waals surface area contributed by atoms with Gasteiger partial charge in [0, 0.05) is 42.6 Å². The highest BCUT2D eigenvalue weighted by atomic mass is 32.2. The minimum atomic E-state index is -6.09. The number of halogens is 9. The van der Waals surface area contributed by atoms with Crippen LogP contribution in [-0.4, -0.2) is 76.2 Å². The van der Waals surface area contributed by atoms with E-state index in [-0.39, 0.29) is 23.7 Å². The number of benzene rings is 7. The average Bonchev–Trinajstić information content (AvgIpc) is 1.15. The standard InChI is InChI=1S/C34H32N4.C20H19F3O3S.C8H8N2.2CHF3O3S/c1-35-21-37(31-17-9-7-15-29(31)35)19-27-28(20-38-22-36(2)30-16-8-10-18-32(30)38)34-25-13-5-3-11-23(25)33(27)24-12-4-6-14-26(24)34;1-2-12-17(11-26-27(24,25)20(21,22)23)19-15-9-5-3-7-13(15)18(12)14-8-4-6-10-16(14)19;1-10-6-9-7-4-2-3-5-8(7)10;2*2-1(3,4)8(5,6)7/h3-18,21-22,27-28,33-34H,19-20H2,1-2H3;3-10,12,17-19H,2,11H2,1H3;2-6H,1H3;2*(H,5,6,7)/q+2;;;;/p-1/t27-,28-,33?,34?;12-,17-,18?,19?;;;/m00.../s1. The lowest BCUT2D eigenvalue weighted by atomic mass is 9.54. The van der Waals surface area contributed by atoms with Gasteiger partial charge < -0.3 is 9.12 Å². The molecule has 6 aliphatic rings. The van der Waals surface area contributed by atoms with E-state index in [1.165, 1.54) is 61.0 Å². The van der Waals surface area contributed by atoms with Crippen molar-refractivity contribution >= 4 is 63.5 Å². The van der Waals surface area contributed by atoms with Gasteiger partial charge in [-0.3, -0.25) is 8.74 Å². The van der Waals surface area contributed by atoms with E-state index in [0.29, 0.717) is 23.7 Å². The third-order valence-electron chi connectivity index (χ3n) is 17.4. The number of hydrogen-bond acceptors (Lipinski definition) is 9. The summed E-state index contributed by atoms with van der Waals surface area (Å²) in [5, 5.41) is 0. The first-order valence-corrected chi connectivity index (χ1v) is 32.7. The van der Waals surface area contributed by atoms with Crippen molar-refractivity contribution in [3.8, 4) is 0 Å². The van der Waals surface area contributed by atoms with Crippen LogP contribution >= 0.6 is 0 Å². The maximum absolute atomic E-state index is 12.7. The Morgan fingerprint density at radius 3 is 1.11 bits per heavy atom. The zero-order valence-electron chi connectivity index (χ0n) is 48.9. The smallest absolute Gasteiger partial charge is 0.523 e. The van der Waals surface area contributed by atoms with Gasteiger partial charge in [0.2, 0.25) is 12.7 Å². The Labute approximate surface area is 518 Å². The van der Waals surface area contributed by atoms with Crippen molar-refractivity contribution in [2.24, 2.45) is 44.8 Å². The topological polar surface area (TPSA) is 190 Å². The predicted octanol–water partition coefficient (Wildman–Crippen LogP) is 12.3. The van der Waals surface area contributed by atoms with Crippen molar-refractivity contribution in [1.29, 1.82) is 0 Å². The van der Waals surface area contributed by atoms with Crippen LogP contribution in [0.3, 0.4) is 0 Å². The van der Waals surface area contributed by atoms with Crippen molar-refractivity contribution in [2.45, 2.75) is 66.6 Å². The molecule has 0 amide bonds. The normalized spacial score (nSPS) is 20.5. The fourth-order valence-corrected chi connectivity index (χ4v) is 14.3. The first-order chi connectivity index (χ1) is 42.8. The van der Waals surface area contributed by atoms with E-state index in [9.17, 15) is 47.9 Å². The van der Waals surface area contributed by atoms with E-state index in [1.54, 1.807) is 0 Å². The summed E-state index contributed by atoms with van der Waals surface area (Å²) < 4.78 is 194. The highest BCUT2D eigenvalue weighted by molar-refractivity contribution is 7.87. The maximum Gasteiger partial charge on any atom is 0.523 e. The molecule has 7 aromatic carbocycles. The Bertz CT molecular complexity index is 4400. The molecule has 3 aromatic heterocycles. The van der Waals surface area contributed by atoms with Crippen LogP contribution in [0.1, 0.15) is 81.5 Å². The number of aryl methyl sites for hydroxylation is 3. The summed E-state index contributed by atoms with van der Waals surface area (Å²) >= 11 is 0. The van der Waals surface area contributed by atoms with E-state index < -0.39 is 53.5 Å². The van der Waals surface area contributed by atoms with Crippen LogP contribution in [0.15, 0.2) is 189 Å². The second-order valence-corrected chi connectivity index (χ2v) is 27.0. The van der Waals surface area contributed by atoms with Gasteiger partial charge in [0.15, 0.2) is 32.2 Å². The predicted molar refractivity (Wildman–Crippen MR) is 319 cm³/mol. The van der Waals surface area contributed by atoms with Crippen molar-refractivity contribution in [1.82, 2.24) is 18.7 Å². The molecule has 0 aliphatic heterocycles. The number of aromatic nitrogens is 6. The van der Waals surface area contributed by atoms with Crippen LogP contribution in [-0.2, 0) is 68.8 Å². The zero-order valence-corrected chi connectivity index (χ0v) is 51.3. The molecule has 10 aromatic rings. The average molecular weight is 1320 g/mol. The van der Waals surface area contributed by atoms with Gasteiger partial charge in [-0.2, -0.15) is 56.3 Å². The fourth-order valence-electron chi connectivity index (χ4n) is 13.8. The molecule has 0 spiro atoms. The second kappa shape index (κ2) is 25.3. The summed E-state index contributed by atoms with van der Waals surface area (Å²) in [7, 11) is -11.2. The number of rotatable bonds is 8. The van der Waals surface area contributed by atoms with Gasteiger partial charge in [0.1, 0.15) is 0 Å². The van der Waals surface area contributed by atoms with Gasteiger partial charge in [-0.15, -0.1) is 0 Å². The highest BCUT2D eigenvalue weighted by Gasteiger charge is 2.54. The van der Waals surface area contributed by atoms with Crippen LogP contribution in [0.4, 0.5) is 39.5 Å². The summed E-state index contributed by atoms with van der Waals surface area (Å²) in [6, 6.07) is 60.1. The Hall–Kier alpha value is -7.95. The van der Waals surface area contributed by atoms with Gasteiger partial charge in [0.05, 0.1) is 51.2 Å². The first kappa shape index (κ1) is 66.0. The molecule has 480 valence electrons. The van der Waals surface area contributed by atoms with Gasteiger partial charge in [-0.05, 0) is 92.7 Å². The third-order valence-corrected chi connectivity index (χ3v) is 19.6. The quantitative estimate of drug-likeness (QED) is 0.0504. The van der Waals surface area contributed by atoms with Crippen molar-refractivity contribution < 1.29 is 87.2 Å². The number of alkyl halides is 9. The van der Waals surface area contributed by atoms with Gasteiger partial charge >= 0.3 is 36.8 Å². The monoisotopic (exact) mass is 1320 g/mol. The van der Waals surface area contributed by atoms with Gasteiger partial charge in [0.25, 0.3) is 0 Å². The van der Waals surface area contributed by atoms with Gasteiger partial charge in [-0.1, -0.05) is 147 Å². The Morgan fingerprint density at radius 2 is 0.791 bits per heavy atom. The van der Waals surface area contributed by atoms with E-state index in [2.05, 4.69) is 169 Å². The number of imidazole rings is 3. The molecular formula is C64H60F9N6O9S3+. The minimum Gasteiger partial charge on any atom is -0.741 e. The summed E-state index contributed by atoms with van der Waals surface area (Å²) in [4.78, 5) is 4.18. The molecule has 0 saturated heterocycles. The molecule has 15 nitrogen and oxygen atoms in total. The molecule has 4 bridgehead atoms. The largest absolute Gasteiger partial charge is 0.741 e. The summed E-state index contributed by atoms with van der Waals surface area (Å²) in [6.45, 7) is 3.52. The molecule has 91 heavy (non-hydrogen) atoms. The van der Waals surface area contributed by atoms with Crippen LogP contribution in [0.2, 0.25) is 0 Å². The summed E-state index contributed by atoms with van der Waals surface area (Å²) in [5.74, 6) is 1.29. The first-order valence-electron chi connectivity index (χ1n) is 28.4. The fraction of sp³-hybridized carbons (Fsp3) is 0.297. The number of para-hydroxylation sites is 6. The van der Waals surface area contributed by atoms with E-state index >= 15 is 0 Å². The lowest BCUT2D eigenvalue weighted by molar-refractivity contribution is -0.646. The molecule has 3 heterocycles. The van der Waals surface area contributed by atoms with E-state index in [4.69, 9.17) is 25.9 Å². The van der Waals surface area contributed by atoms with Crippen LogP contribution < -0.4 is 9.13 Å². The SMILES string of the molecule is CC[C@@H]1C2c3ccccc3C(c3ccccc32)[C@H]1COS(=O)(=O)C(F)(F)F.C[n+]1cn(C[C@@H]2C3c4ccccc4C(c4ccccc43)[C@H]2Cn2c[n+](C)c3ccccc32)c2ccccc21.Cn1cnc2ccccc21.O=S(=O)(O)C(F)(F)F.O=S(=O)([O-])C(F)(F)F. The van der Waals surface area contributed by atoms with Crippen molar-refractivity contribution in [3.05, 3.63) is 233 Å². The molecule has 6 aliphatic carbocycles. The van der Waals surface area contributed by atoms with E-state index in [0.717, 1.165) is 36.2 Å². The Morgan fingerprint density at radius 1 is 0.484 bits per heavy atom. The zero-order chi connectivity index (χ0) is 65.8. The molecule has 16 rings (SSSR count). The molecule has 1 N–H and O–H groups in total. The molecule has 0 radical (unpaired) electrons. The van der Waals surface area contributed by atoms with Gasteiger partial charge in [-0.25, -0.2) is 31.7 Å². The lowest BCUT2D eigenvalue weighted by Crippen LogP contribution is -2.43. The second-order valence-electron chi connectivity index (χ2n) is 22.6. The van der Waals surface area contributed by atoms with Crippen molar-refractivity contribution in [2.75, 3.05) is 6.61 Å². The number of nitrogens with zero attached hydrogens (tertiary/aromatic N) is 6. The number of fused-ring (bicyclic) bond motifs is 5. The molecule has 0 fully saturated rings. The minimum absolute atomic E-state index is 0.0169. The Kier molecular flexibility index (Phi) is 18.3. The van der Waals surface area contributed by atoms with Crippen LogP contribution in [0.25, 0.3) is 33.1 Å². The molecule has 27 heteroatoms. The molecule has 0 unspecified atom stereocenters. The Balaban J connectivity index is 0.000000147. The third kappa shape index (κ3) is 13.0. The van der Waals surface area contributed by atoms with E-state index in [1.807, 2.05) is 79.5 Å². The highest BCUT2D eigenvalue weighted by Crippen LogP contribution is 2.61. The molecule has 0 saturated carbocycles. The molecular weight excluding hydrogens is 1260 g/mol. The number of hydrogen-bond donors (Lipinski definition) is 1. The summed E-state index contributed by atoms with van der Waals surface area (Å²) in [5.41, 5.74) is 1.46. The van der Waals surface area contributed by atoms with Crippen LogP contribution in [0.5, 0.6) is 0 Å². The molecule has 4 atom stereocenters. The van der Waals surface area contributed by atoms with Crippen molar-refractivity contribution in [3.63, 3.8) is 0 Å². The maximum atomic E-state index is 12.7. The lowest BCUT2D eigenvalue weighted by Gasteiger charge is -2.50.